The molecule has 0 aliphatic carbocycles. The van der Waals surface area contributed by atoms with Gasteiger partial charge in [-0.25, -0.2) is 0 Å². The minimum atomic E-state index is -0.264. The Hall–Kier alpha value is -2.49. The summed E-state index contributed by atoms with van der Waals surface area (Å²) in [5.74, 6) is 0.334. The van der Waals surface area contributed by atoms with E-state index >= 15 is 0 Å². The lowest BCUT2D eigenvalue weighted by atomic mass is 10.1. The average molecular weight is 427 g/mol. The first kappa shape index (κ1) is 24.8. The summed E-state index contributed by atoms with van der Waals surface area (Å²) in [6, 6.07) is 2.87. The third kappa shape index (κ3) is 8.28. The summed E-state index contributed by atoms with van der Waals surface area (Å²) in [6.45, 7) is 3.80. The molecule has 0 saturated heterocycles. The maximum Gasteiger partial charge on any atom is 0.196 e. The lowest BCUT2D eigenvalue weighted by Crippen LogP contribution is -2.03. The lowest BCUT2D eigenvalue weighted by molar-refractivity contribution is 0.442. The highest BCUT2D eigenvalue weighted by molar-refractivity contribution is 5.86. The van der Waals surface area contributed by atoms with Gasteiger partial charge in [-0.05, 0) is 45.4 Å². The number of aromatic hydroxyl groups is 2. The van der Waals surface area contributed by atoms with Crippen LogP contribution in [-0.4, -0.2) is 10.2 Å². The van der Waals surface area contributed by atoms with Gasteiger partial charge in [-0.2, -0.15) is 0 Å². The molecule has 1 heterocycles. The first-order chi connectivity index (χ1) is 15.0. The molecule has 0 amide bonds. The standard InChI is InChI=1S/C27H38O4/c1-3-4-5-6-7-8-9-10-11-12-13-14-15-16-17-18-22-19-24(29)26-25(31-22)20-23(28)21(2)27(26)30/h7-8,10-11,19-20,28,30H,3-6,9,12-18H2,1-2H3/b8-7-,11-10-. The Morgan fingerprint density at radius 1 is 0.871 bits per heavy atom. The maximum atomic E-state index is 12.3. The summed E-state index contributed by atoms with van der Waals surface area (Å²) in [4.78, 5) is 12.3. The quantitative estimate of drug-likeness (QED) is 0.243. The van der Waals surface area contributed by atoms with Crippen molar-refractivity contribution in [2.75, 3.05) is 0 Å². The molecule has 0 bridgehead atoms. The number of benzene rings is 1. The van der Waals surface area contributed by atoms with Gasteiger partial charge >= 0.3 is 0 Å². The number of unbranched alkanes of at least 4 members (excludes halogenated alkanes) is 8. The molecule has 0 saturated carbocycles. The van der Waals surface area contributed by atoms with Gasteiger partial charge in [0, 0.05) is 24.1 Å². The van der Waals surface area contributed by atoms with E-state index in [0.717, 1.165) is 25.7 Å². The Kier molecular flexibility index (Phi) is 11.0. The maximum absolute atomic E-state index is 12.3. The largest absolute Gasteiger partial charge is 0.507 e. The molecule has 1 aromatic carbocycles. The van der Waals surface area contributed by atoms with Crippen LogP contribution in [0.1, 0.15) is 88.9 Å². The van der Waals surface area contributed by atoms with Gasteiger partial charge in [-0.3, -0.25) is 4.79 Å². The van der Waals surface area contributed by atoms with Gasteiger partial charge in [0.05, 0.1) is 0 Å². The van der Waals surface area contributed by atoms with Crippen LogP contribution in [0.5, 0.6) is 11.5 Å². The molecule has 170 valence electrons. The predicted octanol–water partition coefficient (Wildman–Crippen LogP) is 7.48. The number of hydrogen-bond donors (Lipinski definition) is 2. The minimum Gasteiger partial charge on any atom is -0.507 e. The van der Waals surface area contributed by atoms with E-state index in [1.54, 1.807) is 6.92 Å². The van der Waals surface area contributed by atoms with E-state index < -0.39 is 0 Å². The van der Waals surface area contributed by atoms with Crippen LogP contribution in [0.3, 0.4) is 0 Å². The third-order valence-corrected chi connectivity index (χ3v) is 5.64. The van der Waals surface area contributed by atoms with Gasteiger partial charge in [0.15, 0.2) is 5.43 Å². The number of phenolic OH excluding ortho intramolecular Hbond substituents is 2. The van der Waals surface area contributed by atoms with Gasteiger partial charge in [-0.15, -0.1) is 0 Å². The first-order valence-electron chi connectivity index (χ1n) is 11.8. The van der Waals surface area contributed by atoms with E-state index in [-0.39, 0.29) is 27.9 Å². The van der Waals surface area contributed by atoms with Crippen LogP contribution in [0.4, 0.5) is 0 Å². The molecule has 4 heteroatoms. The first-order valence-corrected chi connectivity index (χ1v) is 11.8. The molecule has 4 nitrogen and oxygen atoms in total. The van der Waals surface area contributed by atoms with Crippen molar-refractivity contribution in [1.29, 1.82) is 0 Å². The van der Waals surface area contributed by atoms with Gasteiger partial charge in [0.1, 0.15) is 28.2 Å². The highest BCUT2D eigenvalue weighted by Gasteiger charge is 2.14. The molecule has 0 atom stereocenters. The molecule has 2 rings (SSSR count). The molecule has 0 aliphatic heterocycles. The molecule has 0 aliphatic rings. The van der Waals surface area contributed by atoms with E-state index in [4.69, 9.17) is 4.42 Å². The number of rotatable bonds is 14. The molecule has 0 fully saturated rings. The van der Waals surface area contributed by atoms with Crippen molar-refractivity contribution >= 4 is 11.0 Å². The second-order valence-corrected chi connectivity index (χ2v) is 8.30. The SMILES string of the molecule is CCCCC/C=C\C/C=C\CCCCCCCc1cc(=O)c2c(O)c(C)c(O)cc2o1. The third-order valence-electron chi connectivity index (χ3n) is 5.64. The van der Waals surface area contributed by atoms with Crippen molar-refractivity contribution in [2.45, 2.75) is 90.9 Å². The van der Waals surface area contributed by atoms with E-state index in [0.29, 0.717) is 17.7 Å². The Balaban J connectivity index is 1.62. The summed E-state index contributed by atoms with van der Waals surface area (Å²) < 4.78 is 5.74. The molecular formula is C27H38O4. The summed E-state index contributed by atoms with van der Waals surface area (Å²) in [7, 11) is 0. The normalized spacial score (nSPS) is 11.9. The fourth-order valence-corrected chi connectivity index (χ4v) is 3.67. The van der Waals surface area contributed by atoms with E-state index in [1.165, 1.54) is 57.1 Å². The van der Waals surface area contributed by atoms with Crippen LogP contribution < -0.4 is 5.43 Å². The van der Waals surface area contributed by atoms with Crippen molar-refractivity contribution in [3.05, 3.63) is 58.0 Å². The van der Waals surface area contributed by atoms with Crippen molar-refractivity contribution in [3.8, 4) is 11.5 Å². The highest BCUT2D eigenvalue weighted by Crippen LogP contribution is 2.33. The molecule has 2 aromatic rings. The zero-order valence-corrected chi connectivity index (χ0v) is 19.2. The van der Waals surface area contributed by atoms with Gasteiger partial charge in [-0.1, -0.05) is 63.3 Å². The van der Waals surface area contributed by atoms with Crippen LogP contribution in [0.25, 0.3) is 11.0 Å². The Morgan fingerprint density at radius 3 is 2.23 bits per heavy atom. The summed E-state index contributed by atoms with van der Waals surface area (Å²) in [6.07, 6.45) is 22.7. The van der Waals surface area contributed by atoms with Crippen molar-refractivity contribution in [3.63, 3.8) is 0 Å². The fourth-order valence-electron chi connectivity index (χ4n) is 3.67. The molecule has 2 N–H and O–H groups in total. The number of hydrogen-bond acceptors (Lipinski definition) is 4. The van der Waals surface area contributed by atoms with Crippen molar-refractivity contribution < 1.29 is 14.6 Å². The number of phenols is 2. The monoisotopic (exact) mass is 426 g/mol. The Morgan fingerprint density at radius 2 is 1.52 bits per heavy atom. The molecule has 0 spiro atoms. The highest BCUT2D eigenvalue weighted by atomic mass is 16.3. The van der Waals surface area contributed by atoms with E-state index in [1.807, 2.05) is 0 Å². The Labute approximate surface area is 186 Å². The minimum absolute atomic E-state index is 0.0673. The summed E-state index contributed by atoms with van der Waals surface area (Å²) in [5.41, 5.74) is 0.270. The Bertz CT molecular complexity index is 921. The van der Waals surface area contributed by atoms with Crippen LogP contribution in [-0.2, 0) is 6.42 Å². The van der Waals surface area contributed by atoms with Crippen LogP contribution in [0.2, 0.25) is 0 Å². The van der Waals surface area contributed by atoms with Crippen LogP contribution >= 0.6 is 0 Å². The number of fused-ring (bicyclic) bond motifs is 1. The lowest BCUT2D eigenvalue weighted by Gasteiger charge is -2.07. The van der Waals surface area contributed by atoms with Crippen molar-refractivity contribution in [2.24, 2.45) is 0 Å². The zero-order valence-electron chi connectivity index (χ0n) is 19.2. The molecule has 0 radical (unpaired) electrons. The van der Waals surface area contributed by atoms with Gasteiger partial charge < -0.3 is 14.6 Å². The number of allylic oxidation sites excluding steroid dienone is 4. The van der Waals surface area contributed by atoms with Crippen molar-refractivity contribution in [1.82, 2.24) is 0 Å². The van der Waals surface area contributed by atoms with E-state index in [2.05, 4.69) is 31.2 Å². The van der Waals surface area contributed by atoms with Crippen LogP contribution in [0.15, 0.2) is 45.6 Å². The molecule has 31 heavy (non-hydrogen) atoms. The second-order valence-electron chi connectivity index (χ2n) is 8.30. The van der Waals surface area contributed by atoms with E-state index in [9.17, 15) is 15.0 Å². The summed E-state index contributed by atoms with van der Waals surface area (Å²) >= 11 is 0. The second kappa shape index (κ2) is 13.7. The molecule has 1 aromatic heterocycles. The predicted molar refractivity (Wildman–Crippen MR) is 129 cm³/mol. The molecular weight excluding hydrogens is 388 g/mol. The zero-order chi connectivity index (χ0) is 22.5. The van der Waals surface area contributed by atoms with Gasteiger partial charge in [0.25, 0.3) is 0 Å². The smallest absolute Gasteiger partial charge is 0.196 e. The van der Waals surface area contributed by atoms with Gasteiger partial charge in [0.2, 0.25) is 0 Å². The average Bonchev–Trinajstić information content (AvgIpc) is 2.74. The summed E-state index contributed by atoms with van der Waals surface area (Å²) in [5, 5.41) is 20.1. The fraction of sp³-hybridized carbons (Fsp3) is 0.519. The van der Waals surface area contributed by atoms with Crippen LogP contribution in [0, 0.1) is 6.92 Å². The topological polar surface area (TPSA) is 70.7 Å². The number of aryl methyl sites for hydroxylation is 1. The molecule has 0 unspecified atom stereocenters.